The van der Waals surface area contributed by atoms with Crippen LogP contribution in [0, 0.1) is 5.92 Å². The fraction of sp³-hybridized carbons (Fsp3) is 1.00. The molecule has 108 valence electrons. The second-order valence-corrected chi connectivity index (χ2v) is 5.41. The first-order valence-corrected chi connectivity index (χ1v) is 7.73. The van der Waals surface area contributed by atoms with Crippen LogP contribution in [0.15, 0.2) is 0 Å². The Morgan fingerprint density at radius 1 is 1.00 bits per heavy atom. The molecule has 0 saturated heterocycles. The molecule has 1 saturated carbocycles. The summed E-state index contributed by atoms with van der Waals surface area (Å²) >= 11 is 0. The number of unbranched alkanes of at least 4 members (excludes halogenated alkanes) is 1. The van der Waals surface area contributed by atoms with Crippen LogP contribution < -0.4 is 5.32 Å². The molecule has 0 amide bonds. The summed E-state index contributed by atoms with van der Waals surface area (Å²) in [5.41, 5.74) is 0. The number of nitrogens with one attached hydrogen (secondary N) is 1. The molecule has 1 aliphatic rings. The van der Waals surface area contributed by atoms with E-state index in [1.54, 1.807) is 0 Å². The van der Waals surface area contributed by atoms with E-state index < -0.39 is 0 Å². The predicted molar refractivity (Wildman–Crippen MR) is 76.0 cm³/mol. The van der Waals surface area contributed by atoms with Gasteiger partial charge in [0, 0.05) is 19.8 Å². The third-order valence-electron chi connectivity index (χ3n) is 3.69. The molecule has 1 N–H and O–H groups in total. The van der Waals surface area contributed by atoms with Crippen LogP contribution in [-0.4, -0.2) is 39.0 Å². The van der Waals surface area contributed by atoms with Crippen LogP contribution in [0.1, 0.15) is 52.4 Å². The molecule has 3 nitrogen and oxygen atoms in total. The normalized spacial score (nSPS) is 24.3. The van der Waals surface area contributed by atoms with Crippen LogP contribution in [0.4, 0.5) is 0 Å². The van der Waals surface area contributed by atoms with Gasteiger partial charge in [0.1, 0.15) is 0 Å². The zero-order valence-electron chi connectivity index (χ0n) is 12.2. The minimum absolute atomic E-state index is 0.529. The molecule has 1 aliphatic carbocycles. The molecule has 0 aromatic heterocycles. The SMILES string of the molecule is CCOCCCCNCCOC1CCC(C)CC1. The van der Waals surface area contributed by atoms with Gasteiger partial charge in [0.25, 0.3) is 0 Å². The third kappa shape index (κ3) is 8.06. The quantitative estimate of drug-likeness (QED) is 0.610. The Kier molecular flexibility index (Phi) is 9.54. The van der Waals surface area contributed by atoms with Crippen molar-refractivity contribution in [3.05, 3.63) is 0 Å². The van der Waals surface area contributed by atoms with Gasteiger partial charge in [0.2, 0.25) is 0 Å². The summed E-state index contributed by atoms with van der Waals surface area (Å²) < 4.78 is 11.2. The molecular weight excluding hydrogens is 226 g/mol. The van der Waals surface area contributed by atoms with E-state index in [0.717, 1.165) is 45.2 Å². The van der Waals surface area contributed by atoms with Gasteiger partial charge in [-0.15, -0.1) is 0 Å². The van der Waals surface area contributed by atoms with Gasteiger partial charge in [-0.2, -0.15) is 0 Å². The van der Waals surface area contributed by atoms with Crippen molar-refractivity contribution in [2.45, 2.75) is 58.5 Å². The average Bonchev–Trinajstić information content (AvgIpc) is 2.39. The molecule has 1 fully saturated rings. The second kappa shape index (κ2) is 10.8. The topological polar surface area (TPSA) is 30.5 Å². The third-order valence-corrected chi connectivity index (χ3v) is 3.69. The molecule has 0 radical (unpaired) electrons. The van der Waals surface area contributed by atoms with Crippen molar-refractivity contribution in [3.63, 3.8) is 0 Å². The van der Waals surface area contributed by atoms with Crippen LogP contribution in [-0.2, 0) is 9.47 Å². The monoisotopic (exact) mass is 257 g/mol. The van der Waals surface area contributed by atoms with E-state index in [1.165, 1.54) is 32.1 Å². The molecule has 0 aliphatic heterocycles. The Labute approximate surface area is 113 Å². The van der Waals surface area contributed by atoms with E-state index in [4.69, 9.17) is 9.47 Å². The molecule has 1 rings (SSSR count). The van der Waals surface area contributed by atoms with Gasteiger partial charge >= 0.3 is 0 Å². The Morgan fingerprint density at radius 2 is 1.78 bits per heavy atom. The first kappa shape index (κ1) is 15.9. The summed E-state index contributed by atoms with van der Waals surface area (Å²) in [4.78, 5) is 0. The van der Waals surface area contributed by atoms with Crippen LogP contribution in [0.2, 0.25) is 0 Å². The van der Waals surface area contributed by atoms with Crippen molar-refractivity contribution in [2.75, 3.05) is 32.9 Å². The van der Waals surface area contributed by atoms with Crippen molar-refractivity contribution in [3.8, 4) is 0 Å². The summed E-state index contributed by atoms with van der Waals surface area (Å²) in [6.07, 6.45) is 8.08. The fourth-order valence-electron chi connectivity index (χ4n) is 2.42. The van der Waals surface area contributed by atoms with Crippen LogP contribution in [0.3, 0.4) is 0 Å². The Hall–Kier alpha value is -0.120. The lowest BCUT2D eigenvalue weighted by molar-refractivity contribution is 0.0216. The maximum atomic E-state index is 5.89. The molecule has 0 heterocycles. The molecular formula is C15H31NO2. The lowest BCUT2D eigenvalue weighted by Gasteiger charge is -2.26. The summed E-state index contributed by atoms with van der Waals surface area (Å²) in [5, 5.41) is 3.43. The van der Waals surface area contributed by atoms with Gasteiger partial charge in [-0.3, -0.25) is 0 Å². The lowest BCUT2D eigenvalue weighted by Crippen LogP contribution is -2.26. The predicted octanol–water partition coefficient (Wildman–Crippen LogP) is 2.99. The molecule has 0 unspecified atom stereocenters. The number of ether oxygens (including phenoxy) is 2. The van der Waals surface area contributed by atoms with Crippen LogP contribution >= 0.6 is 0 Å². The van der Waals surface area contributed by atoms with E-state index in [0.29, 0.717) is 6.10 Å². The van der Waals surface area contributed by atoms with Crippen molar-refractivity contribution in [2.24, 2.45) is 5.92 Å². The minimum Gasteiger partial charge on any atom is -0.382 e. The lowest BCUT2D eigenvalue weighted by atomic mass is 9.89. The van der Waals surface area contributed by atoms with Crippen molar-refractivity contribution in [1.82, 2.24) is 5.32 Å². The molecule has 0 aromatic carbocycles. The molecule has 0 atom stereocenters. The highest BCUT2D eigenvalue weighted by molar-refractivity contribution is 4.69. The van der Waals surface area contributed by atoms with E-state index in [1.807, 2.05) is 6.92 Å². The molecule has 0 bridgehead atoms. The highest BCUT2D eigenvalue weighted by Crippen LogP contribution is 2.25. The van der Waals surface area contributed by atoms with Crippen molar-refractivity contribution in [1.29, 1.82) is 0 Å². The maximum absolute atomic E-state index is 5.89. The van der Waals surface area contributed by atoms with Crippen molar-refractivity contribution < 1.29 is 9.47 Å². The average molecular weight is 257 g/mol. The van der Waals surface area contributed by atoms with Gasteiger partial charge in [0.15, 0.2) is 0 Å². The highest BCUT2D eigenvalue weighted by Gasteiger charge is 2.17. The maximum Gasteiger partial charge on any atom is 0.0594 e. The largest absolute Gasteiger partial charge is 0.382 e. The van der Waals surface area contributed by atoms with E-state index in [9.17, 15) is 0 Å². The van der Waals surface area contributed by atoms with E-state index in [2.05, 4.69) is 12.2 Å². The summed E-state index contributed by atoms with van der Waals surface area (Å²) in [7, 11) is 0. The van der Waals surface area contributed by atoms with Gasteiger partial charge in [-0.1, -0.05) is 6.92 Å². The van der Waals surface area contributed by atoms with Gasteiger partial charge in [-0.25, -0.2) is 0 Å². The Morgan fingerprint density at radius 3 is 2.50 bits per heavy atom. The van der Waals surface area contributed by atoms with Gasteiger partial charge in [-0.05, 0) is 57.9 Å². The zero-order valence-corrected chi connectivity index (χ0v) is 12.2. The van der Waals surface area contributed by atoms with E-state index >= 15 is 0 Å². The van der Waals surface area contributed by atoms with Crippen LogP contribution in [0.5, 0.6) is 0 Å². The second-order valence-electron chi connectivity index (χ2n) is 5.41. The highest BCUT2D eigenvalue weighted by atomic mass is 16.5. The smallest absolute Gasteiger partial charge is 0.0594 e. The first-order chi connectivity index (χ1) is 8.83. The summed E-state index contributed by atoms with van der Waals surface area (Å²) in [6.45, 7) is 9.06. The zero-order chi connectivity index (χ0) is 13.1. The van der Waals surface area contributed by atoms with Gasteiger partial charge < -0.3 is 14.8 Å². The minimum atomic E-state index is 0.529. The van der Waals surface area contributed by atoms with E-state index in [-0.39, 0.29) is 0 Å². The molecule has 0 aromatic rings. The first-order valence-electron chi connectivity index (χ1n) is 7.73. The molecule has 18 heavy (non-hydrogen) atoms. The number of hydrogen-bond donors (Lipinski definition) is 1. The summed E-state index contributed by atoms with van der Waals surface area (Å²) in [5.74, 6) is 0.910. The standard InChI is InChI=1S/C15H31NO2/c1-3-17-12-5-4-10-16-11-13-18-15-8-6-14(2)7-9-15/h14-16H,3-13H2,1-2H3. The van der Waals surface area contributed by atoms with Crippen molar-refractivity contribution >= 4 is 0 Å². The summed E-state index contributed by atoms with van der Waals surface area (Å²) in [6, 6.07) is 0. The molecule has 3 heteroatoms. The number of rotatable bonds is 10. The molecule has 0 spiro atoms. The Balaban J connectivity index is 1.78. The van der Waals surface area contributed by atoms with Crippen LogP contribution in [0.25, 0.3) is 0 Å². The Bertz CT molecular complexity index is 179. The number of hydrogen-bond acceptors (Lipinski definition) is 3. The van der Waals surface area contributed by atoms with Gasteiger partial charge in [0.05, 0.1) is 12.7 Å². The fourth-order valence-corrected chi connectivity index (χ4v) is 2.42.